The quantitative estimate of drug-likeness (QED) is 0.191. The van der Waals surface area contributed by atoms with Crippen LogP contribution < -0.4 is 20.3 Å². The summed E-state index contributed by atoms with van der Waals surface area (Å²) < 4.78 is 82.9. The molecule has 2 heterocycles. The lowest BCUT2D eigenvalue weighted by molar-refractivity contribution is -0.274. The molecule has 1 aliphatic rings. The maximum atomic E-state index is 13.3. The molecule has 2 N–H and O–H groups in total. The van der Waals surface area contributed by atoms with Crippen LogP contribution in [0.4, 0.5) is 42.5 Å². The first kappa shape index (κ1) is 31.8. The lowest BCUT2D eigenvalue weighted by Crippen LogP contribution is -2.43. The van der Waals surface area contributed by atoms with Gasteiger partial charge in [-0.05, 0) is 49.7 Å². The Morgan fingerprint density at radius 1 is 0.976 bits per heavy atom. The van der Waals surface area contributed by atoms with Gasteiger partial charge in [0.1, 0.15) is 5.54 Å². The first-order valence-electron chi connectivity index (χ1n) is 11.7. The Balaban J connectivity index is 1.79. The van der Waals surface area contributed by atoms with Gasteiger partial charge in [-0.3, -0.25) is 24.7 Å². The Bertz CT molecular complexity index is 1380. The van der Waals surface area contributed by atoms with Crippen molar-refractivity contribution in [2.24, 2.45) is 0 Å². The number of nitrogens with zero attached hydrogens (tertiary/aromatic N) is 3. The summed E-state index contributed by atoms with van der Waals surface area (Å²) in [5.41, 5.74) is -1.60. The van der Waals surface area contributed by atoms with Crippen LogP contribution in [0.2, 0.25) is 0 Å². The van der Waals surface area contributed by atoms with Crippen molar-refractivity contribution >= 4 is 41.2 Å². The number of ether oxygens (including phenoxy) is 2. The maximum Gasteiger partial charge on any atom is 0.573 e. The number of imide groups is 1. The van der Waals surface area contributed by atoms with Crippen LogP contribution in [-0.4, -0.2) is 70.8 Å². The van der Waals surface area contributed by atoms with Crippen molar-refractivity contribution in [2.75, 3.05) is 23.3 Å². The molecule has 42 heavy (non-hydrogen) atoms. The monoisotopic (exact) mass is 605 g/mol. The largest absolute Gasteiger partial charge is 0.573 e. The number of benzene rings is 1. The third-order valence-corrected chi connectivity index (χ3v) is 5.63. The molecule has 1 aromatic heterocycles. The van der Waals surface area contributed by atoms with E-state index in [-0.39, 0.29) is 12.2 Å². The van der Waals surface area contributed by atoms with E-state index in [4.69, 9.17) is 0 Å². The van der Waals surface area contributed by atoms with Crippen molar-refractivity contribution < 1.29 is 59.8 Å². The molecular formula is C24H21F6N5O7. The number of alkyl halides is 6. The van der Waals surface area contributed by atoms with Gasteiger partial charge >= 0.3 is 30.5 Å². The molecule has 1 aliphatic heterocycles. The number of hydrogen-bond donors (Lipinski definition) is 2. The summed E-state index contributed by atoms with van der Waals surface area (Å²) in [5.74, 6) is -7.23. The average Bonchev–Trinajstić information content (AvgIpc) is 3.03. The van der Waals surface area contributed by atoms with Gasteiger partial charge in [0.2, 0.25) is 5.91 Å². The first-order valence-corrected chi connectivity index (χ1v) is 11.7. The molecule has 1 aromatic carbocycles. The summed E-state index contributed by atoms with van der Waals surface area (Å²) in [4.78, 5) is 66.7. The number of esters is 2. The fourth-order valence-electron chi connectivity index (χ4n) is 3.64. The fraction of sp³-hybridized carbons (Fsp3) is 0.333. The van der Waals surface area contributed by atoms with Gasteiger partial charge in [-0.2, -0.15) is 13.2 Å². The second-order valence-corrected chi connectivity index (χ2v) is 9.06. The van der Waals surface area contributed by atoms with E-state index in [1.807, 2.05) is 5.32 Å². The summed E-state index contributed by atoms with van der Waals surface area (Å²) >= 11 is 0. The maximum absolute atomic E-state index is 13.3. The van der Waals surface area contributed by atoms with Gasteiger partial charge in [0.05, 0.1) is 24.5 Å². The Hall–Kier alpha value is -4.74. The molecule has 0 radical (unpaired) electrons. The standard InChI is InChI=1S/C24H21F6N5O7/c1-22(2)19(38)35(21(40)34(22)12-13-5-7-31-8-6-13)14-3-4-16(42-24(28,29)30)15(9-14)33-17(36)10-32-11-18(37)41-20(39)23(25,26)27/h3-9,32H,10-12H2,1-2H3,(H,33,36). The fourth-order valence-corrected chi connectivity index (χ4v) is 3.64. The lowest BCUT2D eigenvalue weighted by Gasteiger charge is -2.27. The van der Waals surface area contributed by atoms with Crippen LogP contribution >= 0.6 is 0 Å². The number of rotatable bonds is 9. The van der Waals surface area contributed by atoms with Crippen molar-refractivity contribution in [2.45, 2.75) is 38.5 Å². The molecule has 2 aromatic rings. The normalized spacial score (nSPS) is 15.0. The van der Waals surface area contributed by atoms with Gasteiger partial charge < -0.3 is 19.7 Å². The van der Waals surface area contributed by atoms with Crippen LogP contribution in [0.5, 0.6) is 5.75 Å². The molecule has 0 unspecified atom stereocenters. The SMILES string of the molecule is CC1(C)C(=O)N(c2ccc(OC(F)(F)F)c(NC(=O)CNCC(=O)OC(=O)C(F)(F)F)c2)C(=O)N1Cc1ccncc1. The molecule has 0 atom stereocenters. The highest BCUT2D eigenvalue weighted by Gasteiger charge is 2.52. The Morgan fingerprint density at radius 2 is 1.62 bits per heavy atom. The summed E-state index contributed by atoms with van der Waals surface area (Å²) in [6.07, 6.45) is -7.68. The molecule has 0 bridgehead atoms. The highest BCUT2D eigenvalue weighted by atomic mass is 19.4. The van der Waals surface area contributed by atoms with Crippen LogP contribution in [0.25, 0.3) is 0 Å². The van der Waals surface area contributed by atoms with Gasteiger partial charge in [-0.25, -0.2) is 14.5 Å². The van der Waals surface area contributed by atoms with Gasteiger partial charge in [0.25, 0.3) is 5.91 Å². The van der Waals surface area contributed by atoms with E-state index in [1.54, 1.807) is 12.1 Å². The Labute approximate surface area is 232 Å². The van der Waals surface area contributed by atoms with E-state index in [9.17, 15) is 50.3 Å². The summed E-state index contributed by atoms with van der Waals surface area (Å²) in [6, 6.07) is 5.05. The highest BCUT2D eigenvalue weighted by Crippen LogP contribution is 2.38. The zero-order valence-electron chi connectivity index (χ0n) is 21.6. The third kappa shape index (κ3) is 7.71. The minimum atomic E-state index is -5.43. The number of nitrogens with one attached hydrogen (secondary N) is 2. The zero-order valence-corrected chi connectivity index (χ0v) is 21.6. The van der Waals surface area contributed by atoms with E-state index in [2.05, 4.69) is 19.8 Å². The molecule has 12 nitrogen and oxygen atoms in total. The molecule has 3 rings (SSSR count). The van der Waals surface area contributed by atoms with Crippen molar-refractivity contribution in [1.29, 1.82) is 0 Å². The van der Waals surface area contributed by atoms with Crippen molar-refractivity contribution in [3.63, 3.8) is 0 Å². The molecule has 18 heteroatoms. The number of carbonyl (C=O) groups excluding carboxylic acids is 5. The third-order valence-electron chi connectivity index (χ3n) is 5.63. The topological polar surface area (TPSA) is 147 Å². The van der Waals surface area contributed by atoms with Crippen molar-refractivity contribution in [3.8, 4) is 5.75 Å². The van der Waals surface area contributed by atoms with Crippen molar-refractivity contribution in [1.82, 2.24) is 15.2 Å². The summed E-state index contributed by atoms with van der Waals surface area (Å²) in [5, 5.41) is 4.10. The number of urea groups is 1. The number of anilines is 2. The smallest absolute Gasteiger partial charge is 0.404 e. The molecule has 1 saturated heterocycles. The molecule has 0 saturated carbocycles. The highest BCUT2D eigenvalue weighted by molar-refractivity contribution is 6.23. The van der Waals surface area contributed by atoms with Gasteiger partial charge in [0.15, 0.2) is 5.75 Å². The molecule has 4 amide bonds. The zero-order chi connectivity index (χ0) is 31.5. The molecule has 0 aliphatic carbocycles. The summed E-state index contributed by atoms with van der Waals surface area (Å²) in [7, 11) is 0. The van der Waals surface area contributed by atoms with Gasteiger partial charge in [-0.1, -0.05) is 0 Å². The van der Waals surface area contributed by atoms with E-state index in [1.165, 1.54) is 31.1 Å². The number of halogens is 6. The van der Waals surface area contributed by atoms with Crippen molar-refractivity contribution in [3.05, 3.63) is 48.3 Å². The second-order valence-electron chi connectivity index (χ2n) is 9.06. The van der Waals surface area contributed by atoms with Crippen LogP contribution in [0.3, 0.4) is 0 Å². The minimum Gasteiger partial charge on any atom is -0.404 e. The van der Waals surface area contributed by atoms with Gasteiger partial charge in [-0.15, -0.1) is 13.2 Å². The lowest BCUT2D eigenvalue weighted by atomic mass is 10.0. The Kier molecular flexibility index (Phi) is 9.09. The molecule has 1 fully saturated rings. The number of aromatic nitrogens is 1. The minimum absolute atomic E-state index is 0.00186. The molecular weight excluding hydrogens is 584 g/mol. The predicted octanol–water partition coefficient (Wildman–Crippen LogP) is 2.89. The molecule has 0 spiro atoms. The van der Waals surface area contributed by atoms with E-state index < -0.39 is 72.4 Å². The molecule has 226 valence electrons. The second kappa shape index (κ2) is 12.0. The average molecular weight is 605 g/mol. The van der Waals surface area contributed by atoms with E-state index in [0.717, 1.165) is 18.2 Å². The Morgan fingerprint density at radius 3 is 2.21 bits per heavy atom. The number of carbonyl (C=O) groups is 5. The van der Waals surface area contributed by atoms with Crippen LogP contribution in [0.1, 0.15) is 19.4 Å². The summed E-state index contributed by atoms with van der Waals surface area (Å²) in [6.45, 7) is 1.05. The number of amides is 4. The van der Waals surface area contributed by atoms with E-state index in [0.29, 0.717) is 10.5 Å². The predicted molar refractivity (Wildman–Crippen MR) is 129 cm³/mol. The van der Waals surface area contributed by atoms with Crippen LogP contribution in [-0.2, 0) is 30.5 Å². The van der Waals surface area contributed by atoms with Crippen LogP contribution in [0.15, 0.2) is 42.7 Å². The van der Waals surface area contributed by atoms with Gasteiger partial charge in [0, 0.05) is 18.9 Å². The van der Waals surface area contributed by atoms with E-state index >= 15 is 0 Å². The van der Waals surface area contributed by atoms with Crippen LogP contribution in [0, 0.1) is 0 Å². The first-order chi connectivity index (χ1) is 19.4. The number of pyridine rings is 1. The number of hydrogen-bond acceptors (Lipinski definition) is 9.